The molecule has 0 aliphatic carbocycles. The number of nitrogens with zero attached hydrogens (tertiary/aromatic N) is 6. The fourth-order valence-corrected chi connectivity index (χ4v) is 3.42. The molecule has 0 aromatic carbocycles. The van der Waals surface area contributed by atoms with Gasteiger partial charge in [0.15, 0.2) is 5.76 Å². The maximum Gasteiger partial charge on any atom is 0.283 e. The summed E-state index contributed by atoms with van der Waals surface area (Å²) in [7, 11) is 0. The minimum absolute atomic E-state index is 0.403. The molecular formula is C17H22N6O2. The lowest BCUT2D eigenvalue weighted by Gasteiger charge is -2.22. The molecule has 25 heavy (non-hydrogen) atoms. The van der Waals surface area contributed by atoms with E-state index in [0.717, 1.165) is 43.1 Å². The standard InChI is InChI=1S/C17H22N6O2/c1-11-6-8-24-16(11)17-20-19-15(25-17)10-22-7-4-5-14(22)9-23-13(3)18-12(2)21-23/h6,8,14H,4-5,7,9-10H2,1-3H3/t14-/m1/s1. The minimum atomic E-state index is 0.403. The van der Waals surface area contributed by atoms with Crippen molar-refractivity contribution in [2.24, 2.45) is 0 Å². The van der Waals surface area contributed by atoms with Crippen LogP contribution in [0.15, 0.2) is 21.2 Å². The van der Waals surface area contributed by atoms with E-state index >= 15 is 0 Å². The molecular weight excluding hydrogens is 320 g/mol. The highest BCUT2D eigenvalue weighted by molar-refractivity contribution is 5.49. The minimum Gasteiger partial charge on any atom is -0.459 e. The van der Waals surface area contributed by atoms with Gasteiger partial charge < -0.3 is 8.83 Å². The van der Waals surface area contributed by atoms with Crippen LogP contribution >= 0.6 is 0 Å². The van der Waals surface area contributed by atoms with E-state index in [1.54, 1.807) is 6.26 Å². The third-order valence-corrected chi connectivity index (χ3v) is 4.71. The second-order valence-electron chi connectivity index (χ2n) is 6.59. The van der Waals surface area contributed by atoms with Gasteiger partial charge in [-0.1, -0.05) is 0 Å². The molecule has 0 radical (unpaired) electrons. The molecule has 1 atom stereocenters. The first-order valence-corrected chi connectivity index (χ1v) is 8.59. The summed E-state index contributed by atoms with van der Waals surface area (Å²) in [6.07, 6.45) is 3.93. The summed E-state index contributed by atoms with van der Waals surface area (Å²) in [6, 6.07) is 2.29. The Labute approximate surface area is 145 Å². The van der Waals surface area contributed by atoms with Crippen LogP contribution in [0.2, 0.25) is 0 Å². The van der Waals surface area contributed by atoms with Crippen LogP contribution in [0.5, 0.6) is 0 Å². The summed E-state index contributed by atoms with van der Waals surface area (Å²) in [5.41, 5.74) is 0.992. The lowest BCUT2D eigenvalue weighted by atomic mass is 10.2. The first-order chi connectivity index (χ1) is 12.1. The molecule has 0 unspecified atom stereocenters. The van der Waals surface area contributed by atoms with Gasteiger partial charge in [-0.05, 0) is 46.2 Å². The molecule has 0 spiro atoms. The predicted octanol–water partition coefficient (Wildman–Crippen LogP) is 2.51. The molecule has 1 aliphatic heterocycles. The largest absolute Gasteiger partial charge is 0.459 e. The maximum absolute atomic E-state index is 5.80. The Kier molecular flexibility index (Phi) is 4.12. The average molecular weight is 342 g/mol. The molecule has 0 amide bonds. The molecule has 1 fully saturated rings. The number of furan rings is 1. The zero-order valence-electron chi connectivity index (χ0n) is 14.8. The van der Waals surface area contributed by atoms with E-state index in [9.17, 15) is 0 Å². The van der Waals surface area contributed by atoms with Crippen molar-refractivity contribution in [3.8, 4) is 11.7 Å². The number of rotatable bonds is 5. The van der Waals surface area contributed by atoms with Gasteiger partial charge in [-0.3, -0.25) is 4.90 Å². The highest BCUT2D eigenvalue weighted by atomic mass is 16.4. The van der Waals surface area contributed by atoms with E-state index in [4.69, 9.17) is 8.83 Å². The highest BCUT2D eigenvalue weighted by Crippen LogP contribution is 2.25. The lowest BCUT2D eigenvalue weighted by molar-refractivity contribution is 0.199. The summed E-state index contributed by atoms with van der Waals surface area (Å²) >= 11 is 0. The summed E-state index contributed by atoms with van der Waals surface area (Å²) in [5.74, 6) is 3.47. The lowest BCUT2D eigenvalue weighted by Crippen LogP contribution is -2.33. The van der Waals surface area contributed by atoms with Crippen LogP contribution in [0, 0.1) is 20.8 Å². The zero-order chi connectivity index (χ0) is 17.4. The number of hydrogen-bond donors (Lipinski definition) is 0. The second kappa shape index (κ2) is 6.44. The fourth-order valence-electron chi connectivity index (χ4n) is 3.42. The van der Waals surface area contributed by atoms with Gasteiger partial charge in [-0.15, -0.1) is 10.2 Å². The normalized spacial score (nSPS) is 18.3. The van der Waals surface area contributed by atoms with Crippen molar-refractivity contribution in [2.45, 2.75) is 52.7 Å². The van der Waals surface area contributed by atoms with Crippen LogP contribution in [0.4, 0.5) is 0 Å². The maximum atomic E-state index is 5.80. The molecule has 132 valence electrons. The molecule has 1 saturated heterocycles. The molecule has 4 rings (SSSR count). The van der Waals surface area contributed by atoms with Gasteiger partial charge in [0.2, 0.25) is 5.89 Å². The molecule has 0 bridgehead atoms. The van der Waals surface area contributed by atoms with E-state index < -0.39 is 0 Å². The van der Waals surface area contributed by atoms with Gasteiger partial charge in [0, 0.05) is 11.6 Å². The van der Waals surface area contributed by atoms with Crippen LogP contribution in [-0.4, -0.2) is 42.4 Å². The first-order valence-electron chi connectivity index (χ1n) is 8.59. The molecule has 3 aromatic heterocycles. The van der Waals surface area contributed by atoms with E-state index in [0.29, 0.717) is 30.1 Å². The van der Waals surface area contributed by atoms with Crippen LogP contribution in [0.3, 0.4) is 0 Å². The van der Waals surface area contributed by atoms with Gasteiger partial charge in [-0.2, -0.15) is 5.10 Å². The monoisotopic (exact) mass is 342 g/mol. The molecule has 0 N–H and O–H groups in total. The van der Waals surface area contributed by atoms with Gasteiger partial charge in [0.05, 0.1) is 19.4 Å². The van der Waals surface area contributed by atoms with Crippen molar-refractivity contribution >= 4 is 0 Å². The summed E-state index contributed by atoms with van der Waals surface area (Å²) in [5, 5.41) is 12.8. The van der Waals surface area contributed by atoms with Crippen molar-refractivity contribution in [1.82, 2.24) is 29.9 Å². The predicted molar refractivity (Wildman–Crippen MR) is 89.7 cm³/mol. The van der Waals surface area contributed by atoms with Gasteiger partial charge in [-0.25, -0.2) is 9.67 Å². The third kappa shape index (κ3) is 3.21. The van der Waals surface area contributed by atoms with E-state index in [-0.39, 0.29) is 0 Å². The Balaban J connectivity index is 1.46. The van der Waals surface area contributed by atoms with Gasteiger partial charge >= 0.3 is 0 Å². The molecule has 0 saturated carbocycles. The summed E-state index contributed by atoms with van der Waals surface area (Å²) < 4.78 is 13.2. The Morgan fingerprint density at radius 1 is 1.24 bits per heavy atom. The van der Waals surface area contributed by atoms with Crippen molar-refractivity contribution in [1.29, 1.82) is 0 Å². The second-order valence-corrected chi connectivity index (χ2v) is 6.59. The Hall–Kier alpha value is -2.48. The Morgan fingerprint density at radius 2 is 2.12 bits per heavy atom. The Bertz CT molecular complexity index is 864. The third-order valence-electron chi connectivity index (χ3n) is 4.71. The molecule has 8 heteroatoms. The Morgan fingerprint density at radius 3 is 2.84 bits per heavy atom. The summed E-state index contributed by atoms with van der Waals surface area (Å²) in [4.78, 5) is 6.76. The van der Waals surface area contributed by atoms with E-state index in [2.05, 4.69) is 25.2 Å². The average Bonchev–Trinajstić information content (AvgIpc) is 3.32. The number of likely N-dealkylation sites (tertiary alicyclic amines) is 1. The van der Waals surface area contributed by atoms with Gasteiger partial charge in [0.25, 0.3) is 5.89 Å². The quantitative estimate of drug-likeness (QED) is 0.704. The van der Waals surface area contributed by atoms with E-state index in [1.807, 2.05) is 31.5 Å². The number of hydrogen-bond acceptors (Lipinski definition) is 7. The molecule has 1 aliphatic rings. The van der Waals surface area contributed by atoms with Crippen molar-refractivity contribution in [3.63, 3.8) is 0 Å². The number of aromatic nitrogens is 5. The van der Waals surface area contributed by atoms with Crippen molar-refractivity contribution in [3.05, 3.63) is 35.4 Å². The van der Waals surface area contributed by atoms with Crippen LogP contribution in [-0.2, 0) is 13.1 Å². The topological polar surface area (TPSA) is 86.0 Å². The van der Waals surface area contributed by atoms with Crippen LogP contribution in [0.25, 0.3) is 11.7 Å². The molecule has 8 nitrogen and oxygen atoms in total. The van der Waals surface area contributed by atoms with Crippen molar-refractivity contribution in [2.75, 3.05) is 6.54 Å². The zero-order valence-corrected chi connectivity index (χ0v) is 14.8. The highest BCUT2D eigenvalue weighted by Gasteiger charge is 2.27. The summed E-state index contributed by atoms with van der Waals surface area (Å²) in [6.45, 7) is 8.38. The molecule has 3 aromatic rings. The van der Waals surface area contributed by atoms with E-state index in [1.165, 1.54) is 0 Å². The van der Waals surface area contributed by atoms with Crippen LogP contribution in [0.1, 0.15) is 35.9 Å². The van der Waals surface area contributed by atoms with Crippen LogP contribution < -0.4 is 0 Å². The fraction of sp³-hybridized carbons (Fsp3) is 0.529. The van der Waals surface area contributed by atoms with Gasteiger partial charge in [0.1, 0.15) is 11.6 Å². The number of aryl methyl sites for hydroxylation is 3. The smallest absolute Gasteiger partial charge is 0.283 e. The first kappa shape index (κ1) is 16.0. The van der Waals surface area contributed by atoms with Crippen molar-refractivity contribution < 1.29 is 8.83 Å². The SMILES string of the molecule is Cc1nc(C)n(C[C@H]2CCCN2Cc2nnc(-c3occc3C)o2)n1. The molecule has 4 heterocycles.